The summed E-state index contributed by atoms with van der Waals surface area (Å²) in [6.07, 6.45) is -2.41. The number of anilines is 1. The van der Waals surface area contributed by atoms with Gasteiger partial charge in [-0.15, -0.1) is 0 Å². The SMILES string of the molecule is Cc1cc(C)c(NCc2ccc(C(F)F)cc2)c(Br)c1. The molecule has 0 spiro atoms. The van der Waals surface area contributed by atoms with Crippen LogP contribution in [0.1, 0.15) is 28.7 Å². The molecular formula is C16H16BrF2N. The van der Waals surface area contributed by atoms with Crippen molar-refractivity contribution < 1.29 is 8.78 Å². The highest BCUT2D eigenvalue weighted by Gasteiger charge is 2.07. The lowest BCUT2D eigenvalue weighted by molar-refractivity contribution is 0.151. The Bertz CT molecular complexity index is 571. The van der Waals surface area contributed by atoms with Crippen LogP contribution >= 0.6 is 15.9 Å². The van der Waals surface area contributed by atoms with E-state index in [2.05, 4.69) is 33.4 Å². The van der Waals surface area contributed by atoms with E-state index in [0.717, 1.165) is 21.3 Å². The summed E-state index contributed by atoms with van der Waals surface area (Å²) in [7, 11) is 0. The average Bonchev–Trinajstić information content (AvgIpc) is 2.38. The minimum atomic E-state index is -2.41. The highest BCUT2D eigenvalue weighted by Crippen LogP contribution is 2.28. The molecule has 106 valence electrons. The Morgan fingerprint density at radius 3 is 2.30 bits per heavy atom. The van der Waals surface area contributed by atoms with E-state index in [0.29, 0.717) is 6.54 Å². The van der Waals surface area contributed by atoms with E-state index >= 15 is 0 Å². The third-order valence-corrected chi connectivity index (χ3v) is 3.76. The minimum absolute atomic E-state index is 0.0569. The molecule has 2 aromatic rings. The topological polar surface area (TPSA) is 12.0 Å². The molecule has 0 radical (unpaired) electrons. The lowest BCUT2D eigenvalue weighted by Gasteiger charge is -2.13. The van der Waals surface area contributed by atoms with Crippen molar-refractivity contribution in [1.29, 1.82) is 0 Å². The fourth-order valence-corrected chi connectivity index (χ4v) is 2.93. The van der Waals surface area contributed by atoms with E-state index in [4.69, 9.17) is 0 Å². The van der Waals surface area contributed by atoms with Gasteiger partial charge in [0.2, 0.25) is 0 Å². The number of hydrogen-bond donors (Lipinski definition) is 1. The van der Waals surface area contributed by atoms with E-state index in [1.165, 1.54) is 17.7 Å². The zero-order chi connectivity index (χ0) is 14.7. The molecule has 0 unspecified atom stereocenters. The molecule has 0 atom stereocenters. The smallest absolute Gasteiger partial charge is 0.263 e. The fourth-order valence-electron chi connectivity index (χ4n) is 2.11. The van der Waals surface area contributed by atoms with Crippen molar-refractivity contribution in [2.75, 3.05) is 5.32 Å². The molecular weight excluding hydrogens is 324 g/mol. The molecule has 0 amide bonds. The summed E-state index contributed by atoms with van der Waals surface area (Å²) in [4.78, 5) is 0. The largest absolute Gasteiger partial charge is 0.380 e. The highest BCUT2D eigenvalue weighted by atomic mass is 79.9. The molecule has 0 saturated heterocycles. The van der Waals surface area contributed by atoms with Crippen molar-refractivity contribution in [2.24, 2.45) is 0 Å². The summed E-state index contributed by atoms with van der Waals surface area (Å²) in [5.41, 5.74) is 4.42. The van der Waals surface area contributed by atoms with Crippen LogP contribution in [0.2, 0.25) is 0 Å². The van der Waals surface area contributed by atoms with Gasteiger partial charge >= 0.3 is 0 Å². The first-order chi connectivity index (χ1) is 9.47. The van der Waals surface area contributed by atoms with Gasteiger partial charge in [0.1, 0.15) is 0 Å². The van der Waals surface area contributed by atoms with Gasteiger partial charge in [0.05, 0.1) is 5.69 Å². The second-order valence-electron chi connectivity index (χ2n) is 4.83. The normalized spacial score (nSPS) is 10.9. The molecule has 0 aliphatic rings. The van der Waals surface area contributed by atoms with Crippen molar-refractivity contribution in [2.45, 2.75) is 26.8 Å². The molecule has 4 heteroatoms. The fraction of sp³-hybridized carbons (Fsp3) is 0.250. The summed E-state index contributed by atoms with van der Waals surface area (Å²) in [6.45, 7) is 4.69. The van der Waals surface area contributed by atoms with Crippen LogP contribution < -0.4 is 5.32 Å². The van der Waals surface area contributed by atoms with Crippen LogP contribution in [0.3, 0.4) is 0 Å². The van der Waals surface area contributed by atoms with Crippen molar-refractivity contribution in [1.82, 2.24) is 0 Å². The van der Waals surface area contributed by atoms with Gasteiger partial charge in [-0.05, 0) is 52.5 Å². The maximum atomic E-state index is 12.5. The summed E-state index contributed by atoms with van der Waals surface area (Å²) < 4.78 is 26.0. The van der Waals surface area contributed by atoms with E-state index in [1.54, 1.807) is 12.1 Å². The predicted molar refractivity (Wildman–Crippen MR) is 82.3 cm³/mol. The van der Waals surface area contributed by atoms with Crippen LogP contribution in [0, 0.1) is 13.8 Å². The maximum Gasteiger partial charge on any atom is 0.263 e. The molecule has 0 fully saturated rings. The zero-order valence-corrected chi connectivity index (χ0v) is 13.0. The molecule has 2 rings (SSSR count). The molecule has 1 nitrogen and oxygen atoms in total. The lowest BCUT2D eigenvalue weighted by Crippen LogP contribution is -2.02. The molecule has 1 N–H and O–H groups in total. The Balaban J connectivity index is 2.09. The van der Waals surface area contributed by atoms with Gasteiger partial charge in [0.25, 0.3) is 6.43 Å². The van der Waals surface area contributed by atoms with Gasteiger partial charge in [0, 0.05) is 16.6 Å². The number of nitrogens with one attached hydrogen (secondary N) is 1. The molecule has 0 heterocycles. The van der Waals surface area contributed by atoms with Crippen LogP contribution in [0.25, 0.3) is 0 Å². The first kappa shape index (κ1) is 15.0. The van der Waals surface area contributed by atoms with Crippen LogP contribution in [0.4, 0.5) is 14.5 Å². The van der Waals surface area contributed by atoms with Gasteiger partial charge in [-0.3, -0.25) is 0 Å². The first-order valence-electron chi connectivity index (χ1n) is 6.35. The quantitative estimate of drug-likeness (QED) is 0.762. The van der Waals surface area contributed by atoms with Gasteiger partial charge in [-0.25, -0.2) is 8.78 Å². The number of halogens is 3. The second kappa shape index (κ2) is 6.35. The average molecular weight is 340 g/mol. The predicted octanol–water partition coefficient (Wildman–Crippen LogP) is 5.62. The summed E-state index contributed by atoms with van der Waals surface area (Å²) in [5.74, 6) is 0. The molecule has 0 aliphatic heterocycles. The lowest BCUT2D eigenvalue weighted by atomic mass is 10.1. The third kappa shape index (κ3) is 3.57. The van der Waals surface area contributed by atoms with E-state index in [-0.39, 0.29) is 5.56 Å². The molecule has 0 bridgehead atoms. The van der Waals surface area contributed by atoms with E-state index in [9.17, 15) is 8.78 Å². The summed E-state index contributed by atoms with van der Waals surface area (Å²) >= 11 is 3.54. The van der Waals surface area contributed by atoms with Gasteiger partial charge in [0.15, 0.2) is 0 Å². The summed E-state index contributed by atoms with van der Waals surface area (Å²) in [5, 5.41) is 3.34. The summed E-state index contributed by atoms with van der Waals surface area (Å²) in [6, 6.07) is 10.6. The second-order valence-corrected chi connectivity index (χ2v) is 5.69. The highest BCUT2D eigenvalue weighted by molar-refractivity contribution is 9.10. The molecule has 0 aromatic heterocycles. The maximum absolute atomic E-state index is 12.5. The number of benzene rings is 2. The van der Waals surface area contributed by atoms with Crippen LogP contribution in [-0.4, -0.2) is 0 Å². The zero-order valence-electron chi connectivity index (χ0n) is 11.4. The van der Waals surface area contributed by atoms with Crippen molar-refractivity contribution in [3.05, 3.63) is 63.1 Å². The molecule has 20 heavy (non-hydrogen) atoms. The van der Waals surface area contributed by atoms with Gasteiger partial charge in [-0.1, -0.05) is 30.3 Å². The molecule has 0 saturated carbocycles. The Hall–Kier alpha value is -1.42. The number of hydrogen-bond acceptors (Lipinski definition) is 1. The van der Waals surface area contributed by atoms with Gasteiger partial charge in [-0.2, -0.15) is 0 Å². The van der Waals surface area contributed by atoms with Crippen molar-refractivity contribution >= 4 is 21.6 Å². The molecule has 0 aliphatic carbocycles. The Morgan fingerprint density at radius 2 is 1.75 bits per heavy atom. The number of alkyl halides is 2. The minimum Gasteiger partial charge on any atom is -0.380 e. The third-order valence-electron chi connectivity index (χ3n) is 3.13. The van der Waals surface area contributed by atoms with Gasteiger partial charge < -0.3 is 5.32 Å². The Labute approximate surface area is 126 Å². The van der Waals surface area contributed by atoms with E-state index in [1.807, 2.05) is 13.8 Å². The van der Waals surface area contributed by atoms with Crippen LogP contribution in [0.15, 0.2) is 40.9 Å². The van der Waals surface area contributed by atoms with Crippen molar-refractivity contribution in [3.63, 3.8) is 0 Å². The van der Waals surface area contributed by atoms with Crippen molar-refractivity contribution in [3.8, 4) is 0 Å². The number of aryl methyl sites for hydroxylation is 2. The van der Waals surface area contributed by atoms with Crippen LogP contribution in [-0.2, 0) is 6.54 Å². The molecule has 2 aromatic carbocycles. The van der Waals surface area contributed by atoms with Crippen LogP contribution in [0.5, 0.6) is 0 Å². The monoisotopic (exact) mass is 339 g/mol. The standard InChI is InChI=1S/C16H16BrF2N/c1-10-7-11(2)15(14(17)8-10)20-9-12-3-5-13(6-4-12)16(18)19/h3-8,16,20H,9H2,1-2H3. The Kier molecular flexibility index (Phi) is 4.76. The first-order valence-corrected chi connectivity index (χ1v) is 7.14. The number of rotatable bonds is 4. The van der Waals surface area contributed by atoms with E-state index < -0.39 is 6.43 Å². The Morgan fingerprint density at radius 1 is 1.10 bits per heavy atom.